The number of thioether (sulfide) groups is 1. The van der Waals surface area contributed by atoms with E-state index in [1.165, 1.54) is 32.5 Å². The normalized spacial score (nSPS) is 22.2. The van der Waals surface area contributed by atoms with Gasteiger partial charge in [0.1, 0.15) is 5.75 Å². The minimum atomic E-state index is -0.988. The fourth-order valence-electron chi connectivity index (χ4n) is 3.90. The molecule has 4 atom stereocenters. The number of carbonyl (C=O) groups excluding carboxylic acids is 3. The molecule has 0 spiro atoms. The second-order valence-electron chi connectivity index (χ2n) is 7.79. The number of aryl methyl sites for hydroxylation is 2. The molecule has 1 aromatic heterocycles. The largest absolute Gasteiger partial charge is 0.476 e. The number of benzene rings is 1. The van der Waals surface area contributed by atoms with Crippen molar-refractivity contribution in [3.63, 3.8) is 0 Å². The molecule has 3 rings (SSSR count). The second kappa shape index (κ2) is 10.7. The lowest BCUT2D eigenvalue weighted by Gasteiger charge is -2.40. The highest BCUT2D eigenvalue weighted by atomic mass is 32.2. The molecule has 1 aliphatic heterocycles. The Labute approximate surface area is 197 Å². The molecule has 1 aromatic carbocycles. The van der Waals surface area contributed by atoms with Gasteiger partial charge in [0.2, 0.25) is 0 Å². The first-order chi connectivity index (χ1) is 15.7. The van der Waals surface area contributed by atoms with Crippen LogP contribution in [0.5, 0.6) is 5.75 Å². The first-order valence-electron chi connectivity index (χ1n) is 10.5. The van der Waals surface area contributed by atoms with Crippen LogP contribution in [0.25, 0.3) is 11.1 Å². The van der Waals surface area contributed by atoms with E-state index in [1.807, 2.05) is 44.3 Å². The van der Waals surface area contributed by atoms with Crippen molar-refractivity contribution in [1.82, 2.24) is 4.98 Å². The molecule has 2 heterocycles. The fourth-order valence-corrected chi connectivity index (χ4v) is 5.12. The van der Waals surface area contributed by atoms with Crippen molar-refractivity contribution < 1.29 is 33.3 Å². The molecule has 2 aromatic rings. The molecule has 8 nitrogen and oxygen atoms in total. The van der Waals surface area contributed by atoms with Gasteiger partial charge in [0.05, 0.1) is 0 Å². The maximum absolute atomic E-state index is 11.8. The molecule has 0 amide bonds. The Hall–Kier alpha value is -3.07. The van der Waals surface area contributed by atoms with Gasteiger partial charge in [-0.2, -0.15) is 0 Å². The summed E-state index contributed by atoms with van der Waals surface area (Å²) in [5.74, 6) is -0.761. The van der Waals surface area contributed by atoms with Gasteiger partial charge in [-0.05, 0) is 48.7 Å². The SMILES string of the molecule is CC(=O)O[C@@H]1[C@@H](OC(C)=O)[C@H](OC(C)=O)CS[C@H]1Oc1cc(C)c(-c2cccnc2)c(C)c1. The van der Waals surface area contributed by atoms with Crippen LogP contribution >= 0.6 is 11.8 Å². The van der Waals surface area contributed by atoms with Gasteiger partial charge in [-0.25, -0.2) is 0 Å². The van der Waals surface area contributed by atoms with E-state index >= 15 is 0 Å². The summed E-state index contributed by atoms with van der Waals surface area (Å²) in [5, 5.41) is 0. The number of nitrogens with zero attached hydrogens (tertiary/aromatic N) is 1. The number of ether oxygens (including phenoxy) is 4. The zero-order valence-electron chi connectivity index (χ0n) is 19.2. The molecular formula is C24H27NO7S. The predicted octanol–water partition coefficient (Wildman–Crippen LogP) is 3.61. The summed E-state index contributed by atoms with van der Waals surface area (Å²) >= 11 is 1.32. The molecule has 0 N–H and O–H groups in total. The van der Waals surface area contributed by atoms with E-state index in [4.69, 9.17) is 18.9 Å². The average molecular weight is 474 g/mol. The first kappa shape index (κ1) is 24.6. The van der Waals surface area contributed by atoms with Crippen molar-refractivity contribution in [2.75, 3.05) is 5.75 Å². The van der Waals surface area contributed by atoms with Crippen LogP contribution < -0.4 is 4.74 Å². The van der Waals surface area contributed by atoms with Crippen LogP contribution in [0, 0.1) is 13.8 Å². The van der Waals surface area contributed by atoms with E-state index in [0.29, 0.717) is 11.5 Å². The maximum Gasteiger partial charge on any atom is 0.303 e. The topological polar surface area (TPSA) is 101 Å². The summed E-state index contributed by atoms with van der Waals surface area (Å²) in [7, 11) is 0. The van der Waals surface area contributed by atoms with Crippen molar-refractivity contribution in [1.29, 1.82) is 0 Å². The standard InChI is InChI=1S/C24H27NO7S/c1-13-9-19(10-14(2)21(13)18-7-6-8-25-11-18)32-24-23(31-17(5)28)22(30-16(4)27)20(12-33-24)29-15(3)26/h6-11,20,22-24H,12H2,1-5H3/t20-,22+,23-,24-/m1/s1. The third-order valence-electron chi connectivity index (χ3n) is 5.01. The summed E-state index contributed by atoms with van der Waals surface area (Å²) < 4.78 is 22.5. The summed E-state index contributed by atoms with van der Waals surface area (Å²) in [4.78, 5) is 39.3. The Balaban J connectivity index is 1.90. The number of rotatable bonds is 6. The third-order valence-corrected chi connectivity index (χ3v) is 6.23. The molecule has 9 heteroatoms. The smallest absolute Gasteiger partial charge is 0.303 e. The molecule has 0 aliphatic carbocycles. The summed E-state index contributed by atoms with van der Waals surface area (Å²) in [6, 6.07) is 7.69. The number of esters is 3. The van der Waals surface area contributed by atoms with Gasteiger partial charge in [-0.1, -0.05) is 6.07 Å². The summed E-state index contributed by atoms with van der Waals surface area (Å²) in [6.07, 6.45) is 0.815. The van der Waals surface area contributed by atoms with Gasteiger partial charge in [-0.3, -0.25) is 19.4 Å². The molecule has 1 aliphatic rings. The quantitative estimate of drug-likeness (QED) is 0.460. The Morgan fingerprint density at radius 3 is 2.09 bits per heavy atom. The van der Waals surface area contributed by atoms with Crippen molar-refractivity contribution in [3.05, 3.63) is 47.8 Å². The first-order valence-corrected chi connectivity index (χ1v) is 11.5. The van der Waals surface area contributed by atoms with Crippen LogP contribution in [0.1, 0.15) is 31.9 Å². The number of pyridine rings is 1. The molecule has 0 radical (unpaired) electrons. The third kappa shape index (κ3) is 6.25. The number of aromatic nitrogens is 1. The van der Waals surface area contributed by atoms with E-state index in [1.54, 1.807) is 6.20 Å². The monoisotopic (exact) mass is 473 g/mol. The molecule has 0 unspecified atom stereocenters. The van der Waals surface area contributed by atoms with Crippen LogP contribution in [-0.2, 0) is 28.6 Å². The summed E-state index contributed by atoms with van der Waals surface area (Å²) in [5.41, 5.74) is 3.39. The highest BCUT2D eigenvalue weighted by Gasteiger charge is 2.47. The van der Waals surface area contributed by atoms with Crippen LogP contribution in [0.4, 0.5) is 0 Å². The number of carbonyl (C=O) groups is 3. The molecule has 33 heavy (non-hydrogen) atoms. The number of hydrogen-bond donors (Lipinski definition) is 0. The molecule has 1 saturated heterocycles. The summed E-state index contributed by atoms with van der Waals surface area (Å²) in [6.45, 7) is 7.75. The molecule has 1 fully saturated rings. The van der Waals surface area contributed by atoms with E-state index in [0.717, 1.165) is 22.3 Å². The predicted molar refractivity (Wildman–Crippen MR) is 123 cm³/mol. The van der Waals surface area contributed by atoms with Gasteiger partial charge in [-0.15, -0.1) is 11.8 Å². The lowest BCUT2D eigenvalue weighted by atomic mass is 9.96. The highest BCUT2D eigenvalue weighted by Crippen LogP contribution is 2.36. The fraction of sp³-hybridized carbons (Fsp3) is 0.417. The van der Waals surface area contributed by atoms with E-state index in [9.17, 15) is 14.4 Å². The minimum absolute atomic E-state index is 0.311. The van der Waals surface area contributed by atoms with Crippen molar-refractivity contribution in [2.45, 2.75) is 58.4 Å². The van der Waals surface area contributed by atoms with Gasteiger partial charge in [0, 0.05) is 44.5 Å². The van der Waals surface area contributed by atoms with Gasteiger partial charge >= 0.3 is 17.9 Å². The van der Waals surface area contributed by atoms with Crippen LogP contribution in [-0.4, -0.2) is 52.4 Å². The Morgan fingerprint density at radius 2 is 1.55 bits per heavy atom. The van der Waals surface area contributed by atoms with Gasteiger partial charge in [0.15, 0.2) is 23.7 Å². The highest BCUT2D eigenvalue weighted by molar-refractivity contribution is 7.99. The van der Waals surface area contributed by atoms with Crippen molar-refractivity contribution in [3.8, 4) is 16.9 Å². The zero-order chi connectivity index (χ0) is 24.1. The molecular weight excluding hydrogens is 446 g/mol. The van der Waals surface area contributed by atoms with Crippen LogP contribution in [0.2, 0.25) is 0 Å². The minimum Gasteiger partial charge on any atom is -0.476 e. The number of hydrogen-bond acceptors (Lipinski definition) is 9. The Bertz CT molecular complexity index is 1000. The average Bonchev–Trinajstić information content (AvgIpc) is 2.71. The van der Waals surface area contributed by atoms with Crippen molar-refractivity contribution in [2.24, 2.45) is 0 Å². The van der Waals surface area contributed by atoms with Gasteiger partial charge < -0.3 is 18.9 Å². The zero-order valence-corrected chi connectivity index (χ0v) is 20.0. The van der Waals surface area contributed by atoms with Crippen molar-refractivity contribution >= 4 is 29.7 Å². The van der Waals surface area contributed by atoms with E-state index in [-0.39, 0.29) is 0 Å². The second-order valence-corrected chi connectivity index (χ2v) is 8.92. The van der Waals surface area contributed by atoms with Crippen LogP contribution in [0.3, 0.4) is 0 Å². The Kier molecular flexibility index (Phi) is 7.97. The Morgan fingerprint density at radius 1 is 0.939 bits per heavy atom. The van der Waals surface area contributed by atoms with E-state index in [2.05, 4.69) is 4.98 Å². The van der Waals surface area contributed by atoms with Gasteiger partial charge in [0.25, 0.3) is 0 Å². The maximum atomic E-state index is 11.8. The van der Waals surface area contributed by atoms with Crippen LogP contribution in [0.15, 0.2) is 36.7 Å². The molecule has 0 bridgehead atoms. The molecule has 0 saturated carbocycles. The van der Waals surface area contributed by atoms with E-state index < -0.39 is 41.7 Å². The lowest BCUT2D eigenvalue weighted by Crippen LogP contribution is -2.55. The lowest BCUT2D eigenvalue weighted by molar-refractivity contribution is -0.186. The molecule has 176 valence electrons.